The van der Waals surface area contributed by atoms with Crippen LogP contribution in [-0.2, 0) is 11.3 Å². The highest BCUT2D eigenvalue weighted by Crippen LogP contribution is 2.20. The number of nitrogens with zero attached hydrogens (tertiary/aromatic N) is 2. The minimum absolute atomic E-state index is 0.0658. The van der Waals surface area contributed by atoms with Crippen molar-refractivity contribution < 1.29 is 14.4 Å². The summed E-state index contributed by atoms with van der Waals surface area (Å²) in [5, 5.41) is -0.285. The fraction of sp³-hybridized carbons (Fsp3) is 0.273. The maximum absolute atomic E-state index is 11.6. The first-order valence-electron chi connectivity index (χ1n) is 5.56. The van der Waals surface area contributed by atoms with E-state index in [0.29, 0.717) is 17.9 Å². The Morgan fingerprint density at radius 1 is 1.47 bits per heavy atom. The number of nitrogen functional groups attached to an aromatic ring is 1. The van der Waals surface area contributed by atoms with Gasteiger partial charge in [-0.2, -0.15) is 0 Å². The molecule has 1 aliphatic rings. The van der Waals surface area contributed by atoms with Crippen molar-refractivity contribution in [3.63, 3.8) is 0 Å². The van der Waals surface area contributed by atoms with Crippen LogP contribution in [-0.4, -0.2) is 32.7 Å². The number of carbonyl (C=O) groups is 3. The van der Waals surface area contributed by atoms with Gasteiger partial charge in [0.1, 0.15) is 5.69 Å². The molecule has 7 nitrogen and oxygen atoms in total. The molecule has 0 aliphatic carbocycles. The van der Waals surface area contributed by atoms with Crippen molar-refractivity contribution in [2.45, 2.75) is 13.0 Å². The summed E-state index contributed by atoms with van der Waals surface area (Å²) >= 11 is 1.10. The van der Waals surface area contributed by atoms with E-state index in [9.17, 15) is 14.4 Å². The molecule has 2 heterocycles. The molecule has 3 amide bonds. The van der Waals surface area contributed by atoms with Gasteiger partial charge in [0.15, 0.2) is 0 Å². The molecule has 1 fully saturated rings. The quantitative estimate of drug-likeness (QED) is 0.468. The molecule has 2 rings (SSSR count). The van der Waals surface area contributed by atoms with Crippen molar-refractivity contribution in [3.05, 3.63) is 29.6 Å². The summed E-state index contributed by atoms with van der Waals surface area (Å²) in [7, 11) is 0. The smallest absolute Gasteiger partial charge is 0.288 e. The lowest BCUT2D eigenvalue weighted by molar-refractivity contribution is -0.128. The molecule has 3 N–H and O–H groups in total. The monoisotopic (exact) mass is 280 g/mol. The highest BCUT2D eigenvalue weighted by atomic mass is 32.2. The molecule has 0 atom stereocenters. The Labute approximate surface area is 113 Å². The van der Waals surface area contributed by atoms with Crippen LogP contribution in [0.4, 0.5) is 4.79 Å². The summed E-state index contributed by atoms with van der Waals surface area (Å²) in [4.78, 5) is 39.8. The molecule has 8 heteroatoms. The van der Waals surface area contributed by atoms with Crippen molar-refractivity contribution in [2.24, 2.45) is 5.84 Å². The fourth-order valence-corrected chi connectivity index (χ4v) is 2.40. The number of hydrogen-bond acceptors (Lipinski definition) is 6. The molecule has 1 aromatic rings. The van der Waals surface area contributed by atoms with E-state index in [4.69, 9.17) is 5.84 Å². The van der Waals surface area contributed by atoms with Gasteiger partial charge in [-0.25, -0.2) is 10.8 Å². The topological polar surface area (TPSA) is 105 Å². The lowest BCUT2D eigenvalue weighted by Crippen LogP contribution is -2.38. The molecule has 0 radical (unpaired) electrons. The number of rotatable bonds is 3. The van der Waals surface area contributed by atoms with Gasteiger partial charge in [0.25, 0.3) is 11.1 Å². The van der Waals surface area contributed by atoms with Gasteiger partial charge in [-0.3, -0.25) is 24.7 Å². The second kappa shape index (κ2) is 5.81. The van der Waals surface area contributed by atoms with Gasteiger partial charge < -0.3 is 0 Å². The second-order valence-corrected chi connectivity index (χ2v) is 4.88. The summed E-state index contributed by atoms with van der Waals surface area (Å²) in [6, 6.07) is 4.77. The maximum Gasteiger partial charge on any atom is 0.288 e. The van der Waals surface area contributed by atoms with E-state index in [1.54, 1.807) is 12.1 Å². The molecular weight excluding hydrogens is 268 g/mol. The fourth-order valence-electron chi connectivity index (χ4n) is 1.62. The van der Waals surface area contributed by atoms with Crippen LogP contribution in [0.3, 0.4) is 0 Å². The number of nitrogens with one attached hydrogen (secondary N) is 1. The average Bonchev–Trinajstić information content (AvgIpc) is 2.42. The van der Waals surface area contributed by atoms with Crippen LogP contribution in [0.1, 0.15) is 22.6 Å². The number of hydrogen-bond donors (Lipinski definition) is 2. The van der Waals surface area contributed by atoms with Gasteiger partial charge in [-0.15, -0.1) is 0 Å². The van der Waals surface area contributed by atoms with Crippen LogP contribution in [0.2, 0.25) is 0 Å². The summed E-state index contributed by atoms with van der Waals surface area (Å²) in [5.41, 5.74) is 2.58. The lowest BCUT2D eigenvalue weighted by Gasteiger charge is -2.23. The van der Waals surface area contributed by atoms with E-state index in [2.05, 4.69) is 4.98 Å². The predicted molar refractivity (Wildman–Crippen MR) is 68.9 cm³/mol. The van der Waals surface area contributed by atoms with Gasteiger partial charge in [0.2, 0.25) is 5.91 Å². The van der Waals surface area contributed by atoms with Crippen molar-refractivity contribution in [1.82, 2.24) is 15.3 Å². The zero-order valence-electron chi connectivity index (χ0n) is 9.96. The van der Waals surface area contributed by atoms with E-state index < -0.39 is 5.91 Å². The molecule has 0 aromatic carbocycles. The van der Waals surface area contributed by atoms with Crippen molar-refractivity contribution in [3.8, 4) is 0 Å². The molecule has 19 heavy (non-hydrogen) atoms. The number of pyridine rings is 1. The summed E-state index contributed by atoms with van der Waals surface area (Å²) in [5.74, 6) is 4.79. The van der Waals surface area contributed by atoms with Gasteiger partial charge in [-0.1, -0.05) is 17.8 Å². The van der Waals surface area contributed by atoms with Crippen LogP contribution in [0.15, 0.2) is 18.2 Å². The first-order chi connectivity index (χ1) is 9.11. The number of imide groups is 1. The SMILES string of the molecule is NNC(=O)c1cccc(CN2C(=O)CCSC2=O)n1. The number of aromatic nitrogens is 1. The van der Waals surface area contributed by atoms with E-state index in [0.717, 1.165) is 16.7 Å². The van der Waals surface area contributed by atoms with Gasteiger partial charge >= 0.3 is 0 Å². The maximum atomic E-state index is 11.6. The molecule has 1 saturated heterocycles. The normalized spacial score (nSPS) is 15.5. The molecule has 0 unspecified atom stereocenters. The van der Waals surface area contributed by atoms with Crippen molar-refractivity contribution in [1.29, 1.82) is 0 Å². The number of hydrazine groups is 1. The number of thioether (sulfide) groups is 1. The van der Waals surface area contributed by atoms with Crippen molar-refractivity contribution >= 4 is 28.8 Å². The van der Waals surface area contributed by atoms with Gasteiger partial charge in [0, 0.05) is 12.2 Å². The molecule has 100 valence electrons. The predicted octanol–water partition coefficient (Wildman–Crippen LogP) is 0.271. The molecule has 1 aliphatic heterocycles. The second-order valence-electron chi connectivity index (χ2n) is 3.83. The van der Waals surface area contributed by atoms with Gasteiger partial charge in [-0.05, 0) is 12.1 Å². The minimum Gasteiger partial charge on any atom is -0.289 e. The molecule has 0 bridgehead atoms. The van der Waals surface area contributed by atoms with E-state index >= 15 is 0 Å². The summed E-state index contributed by atoms with van der Waals surface area (Å²) < 4.78 is 0. The van der Waals surface area contributed by atoms with Crippen LogP contribution in [0, 0.1) is 0 Å². The Balaban J connectivity index is 2.16. The zero-order chi connectivity index (χ0) is 13.8. The third kappa shape index (κ3) is 3.09. The summed E-state index contributed by atoms with van der Waals surface area (Å²) in [6.07, 6.45) is 0.333. The molecule has 0 spiro atoms. The van der Waals surface area contributed by atoms with Crippen LogP contribution in [0.5, 0.6) is 0 Å². The van der Waals surface area contributed by atoms with Crippen LogP contribution in [0.25, 0.3) is 0 Å². The standard InChI is InChI=1S/C11H12N4O3S/c12-14-10(17)8-3-1-2-7(13-8)6-15-9(16)4-5-19-11(15)18/h1-3H,4-6,12H2,(H,14,17). The van der Waals surface area contributed by atoms with E-state index in [-0.39, 0.29) is 23.4 Å². The Morgan fingerprint density at radius 3 is 2.95 bits per heavy atom. The lowest BCUT2D eigenvalue weighted by atomic mass is 10.2. The van der Waals surface area contributed by atoms with E-state index in [1.165, 1.54) is 6.07 Å². The Bertz CT molecular complexity index is 518. The summed E-state index contributed by atoms with van der Waals surface area (Å²) in [6.45, 7) is 0.0658. The largest absolute Gasteiger partial charge is 0.289 e. The van der Waals surface area contributed by atoms with Gasteiger partial charge in [0.05, 0.1) is 12.2 Å². The third-order valence-electron chi connectivity index (χ3n) is 2.55. The first kappa shape index (κ1) is 13.5. The van der Waals surface area contributed by atoms with Crippen molar-refractivity contribution in [2.75, 3.05) is 5.75 Å². The van der Waals surface area contributed by atoms with Crippen LogP contribution < -0.4 is 11.3 Å². The van der Waals surface area contributed by atoms with E-state index in [1.807, 2.05) is 5.43 Å². The van der Waals surface area contributed by atoms with Crippen LogP contribution >= 0.6 is 11.8 Å². The number of carbonyl (C=O) groups excluding carboxylic acids is 3. The Hall–Kier alpha value is -1.93. The molecular formula is C11H12N4O3S. The zero-order valence-corrected chi connectivity index (χ0v) is 10.8. The molecule has 1 aromatic heterocycles. The number of amides is 3. The Kier molecular flexibility index (Phi) is 4.13. The number of nitrogens with two attached hydrogens (primary N) is 1. The minimum atomic E-state index is -0.521. The third-order valence-corrected chi connectivity index (χ3v) is 3.43. The average molecular weight is 280 g/mol. The molecule has 0 saturated carbocycles. The Morgan fingerprint density at radius 2 is 2.26 bits per heavy atom. The highest BCUT2D eigenvalue weighted by molar-refractivity contribution is 8.13. The highest BCUT2D eigenvalue weighted by Gasteiger charge is 2.27. The first-order valence-corrected chi connectivity index (χ1v) is 6.54.